The van der Waals surface area contributed by atoms with E-state index in [-0.39, 0.29) is 5.56 Å². The molecule has 0 fully saturated rings. The van der Waals surface area contributed by atoms with E-state index in [1.54, 1.807) is 0 Å². The van der Waals surface area contributed by atoms with Crippen LogP contribution in [-0.4, -0.2) is 15.1 Å². The summed E-state index contributed by atoms with van der Waals surface area (Å²) in [6, 6.07) is 2.78. The second-order valence-corrected chi connectivity index (χ2v) is 3.36. The number of alkyl halides is 3. The fourth-order valence-corrected chi connectivity index (χ4v) is 1.39. The second-order valence-electron chi connectivity index (χ2n) is 3.36. The first kappa shape index (κ1) is 11.4. The summed E-state index contributed by atoms with van der Waals surface area (Å²) in [4.78, 5) is 7.46. The van der Waals surface area contributed by atoms with Crippen LogP contribution in [0.5, 0.6) is 5.75 Å². The summed E-state index contributed by atoms with van der Waals surface area (Å²) in [5.74, 6) is -0.449. The van der Waals surface area contributed by atoms with Crippen LogP contribution in [-0.2, 0) is 6.18 Å². The molecule has 0 bridgehead atoms. The zero-order valence-corrected chi connectivity index (χ0v) is 8.44. The Bertz CT molecular complexity index is 526. The minimum absolute atomic E-state index is 0.263. The summed E-state index contributed by atoms with van der Waals surface area (Å²) in [5, 5.41) is 9.55. The number of nitrogens with zero attached hydrogens (tertiary/aromatic N) is 2. The first-order valence-electron chi connectivity index (χ1n) is 4.64. The van der Waals surface area contributed by atoms with E-state index in [2.05, 4.69) is 9.97 Å². The van der Waals surface area contributed by atoms with Gasteiger partial charge in [0.05, 0.1) is 5.56 Å². The number of hydrogen-bond donors (Lipinski definition) is 1. The summed E-state index contributed by atoms with van der Waals surface area (Å²) < 4.78 is 37.1. The van der Waals surface area contributed by atoms with E-state index >= 15 is 0 Å². The number of halogens is 3. The van der Waals surface area contributed by atoms with Crippen molar-refractivity contribution >= 4 is 0 Å². The average molecular weight is 240 g/mol. The van der Waals surface area contributed by atoms with E-state index in [1.165, 1.54) is 24.8 Å². The third-order valence-corrected chi connectivity index (χ3v) is 2.20. The van der Waals surface area contributed by atoms with Crippen LogP contribution in [0.15, 0.2) is 36.9 Å². The van der Waals surface area contributed by atoms with Gasteiger partial charge in [-0.05, 0) is 18.2 Å². The van der Waals surface area contributed by atoms with Gasteiger partial charge in [0.25, 0.3) is 0 Å². The number of hydrogen-bond acceptors (Lipinski definition) is 3. The molecule has 3 nitrogen and oxygen atoms in total. The number of aromatic nitrogens is 2. The molecule has 0 saturated heterocycles. The van der Waals surface area contributed by atoms with Crippen LogP contribution >= 0.6 is 0 Å². The van der Waals surface area contributed by atoms with Crippen LogP contribution in [0.3, 0.4) is 0 Å². The smallest absolute Gasteiger partial charge is 0.416 e. The van der Waals surface area contributed by atoms with Gasteiger partial charge in [-0.15, -0.1) is 0 Å². The van der Waals surface area contributed by atoms with Gasteiger partial charge in [-0.2, -0.15) is 13.2 Å². The van der Waals surface area contributed by atoms with E-state index in [4.69, 9.17) is 0 Å². The summed E-state index contributed by atoms with van der Waals surface area (Å²) >= 11 is 0. The Balaban J connectivity index is 2.46. The van der Waals surface area contributed by atoms with E-state index in [9.17, 15) is 18.3 Å². The molecular weight excluding hydrogens is 233 g/mol. The molecule has 1 aromatic heterocycles. The van der Waals surface area contributed by atoms with Crippen LogP contribution in [0.1, 0.15) is 5.56 Å². The maximum absolute atomic E-state index is 12.4. The standard InChI is InChI=1S/C11H7F3N2O/c12-11(13,14)8-1-2-9(10(17)3-8)7-4-15-6-16-5-7/h1-6,17H. The molecule has 0 aliphatic carbocycles. The number of benzene rings is 1. The van der Waals surface area contributed by atoms with Gasteiger partial charge in [0.2, 0.25) is 0 Å². The first-order chi connectivity index (χ1) is 7.98. The molecule has 0 spiro atoms. The molecule has 2 rings (SSSR count). The highest BCUT2D eigenvalue weighted by atomic mass is 19.4. The number of phenolic OH excluding ortho intramolecular Hbond substituents is 1. The second kappa shape index (κ2) is 4.04. The Morgan fingerprint density at radius 1 is 1.06 bits per heavy atom. The fraction of sp³-hybridized carbons (Fsp3) is 0.0909. The average Bonchev–Trinajstić information content (AvgIpc) is 2.29. The predicted octanol–water partition coefficient (Wildman–Crippen LogP) is 2.87. The number of phenols is 1. The number of aromatic hydroxyl groups is 1. The zero-order valence-electron chi connectivity index (χ0n) is 8.44. The monoisotopic (exact) mass is 240 g/mol. The third-order valence-electron chi connectivity index (χ3n) is 2.20. The van der Waals surface area contributed by atoms with Crippen LogP contribution in [0.2, 0.25) is 0 Å². The highest BCUT2D eigenvalue weighted by Crippen LogP contribution is 2.35. The molecule has 0 aliphatic rings. The zero-order chi connectivity index (χ0) is 12.5. The molecule has 1 N–H and O–H groups in total. The van der Waals surface area contributed by atoms with E-state index in [0.717, 1.165) is 6.07 Å². The van der Waals surface area contributed by atoms with Crippen molar-refractivity contribution in [3.05, 3.63) is 42.5 Å². The number of rotatable bonds is 1. The molecule has 0 atom stereocenters. The predicted molar refractivity (Wildman–Crippen MR) is 54.1 cm³/mol. The molecule has 88 valence electrons. The van der Waals surface area contributed by atoms with Gasteiger partial charge >= 0.3 is 6.18 Å². The molecule has 0 amide bonds. The molecule has 0 saturated carbocycles. The van der Waals surface area contributed by atoms with Gasteiger partial charge in [-0.1, -0.05) is 0 Å². The van der Waals surface area contributed by atoms with Crippen molar-refractivity contribution < 1.29 is 18.3 Å². The molecule has 0 radical (unpaired) electrons. The normalized spacial score (nSPS) is 11.5. The van der Waals surface area contributed by atoms with Crippen molar-refractivity contribution in [1.29, 1.82) is 0 Å². The molecule has 2 aromatic rings. The highest BCUT2D eigenvalue weighted by Gasteiger charge is 2.31. The summed E-state index contributed by atoms with van der Waals surface area (Å²) in [7, 11) is 0. The Labute approximate surface area is 94.6 Å². The Morgan fingerprint density at radius 2 is 1.71 bits per heavy atom. The molecule has 0 aliphatic heterocycles. The molecule has 6 heteroatoms. The minimum atomic E-state index is -4.47. The lowest BCUT2D eigenvalue weighted by Gasteiger charge is -2.09. The lowest BCUT2D eigenvalue weighted by Crippen LogP contribution is -2.04. The van der Waals surface area contributed by atoms with Gasteiger partial charge in [0, 0.05) is 23.5 Å². The van der Waals surface area contributed by atoms with E-state index in [1.807, 2.05) is 0 Å². The SMILES string of the molecule is Oc1cc(C(F)(F)F)ccc1-c1cncnc1. The van der Waals surface area contributed by atoms with Gasteiger partial charge in [0.15, 0.2) is 0 Å². The summed E-state index contributed by atoms with van der Waals surface area (Å²) in [6.07, 6.45) is -0.349. The van der Waals surface area contributed by atoms with Crippen molar-refractivity contribution in [3.63, 3.8) is 0 Å². The maximum atomic E-state index is 12.4. The largest absolute Gasteiger partial charge is 0.507 e. The van der Waals surface area contributed by atoms with E-state index in [0.29, 0.717) is 11.6 Å². The van der Waals surface area contributed by atoms with Crippen LogP contribution in [0.25, 0.3) is 11.1 Å². The van der Waals surface area contributed by atoms with Crippen molar-refractivity contribution in [2.75, 3.05) is 0 Å². The van der Waals surface area contributed by atoms with Crippen LogP contribution in [0, 0.1) is 0 Å². The molecule has 1 heterocycles. The minimum Gasteiger partial charge on any atom is -0.507 e. The maximum Gasteiger partial charge on any atom is 0.416 e. The lowest BCUT2D eigenvalue weighted by atomic mass is 10.1. The van der Waals surface area contributed by atoms with Gasteiger partial charge < -0.3 is 5.11 Å². The van der Waals surface area contributed by atoms with Crippen LogP contribution in [0.4, 0.5) is 13.2 Å². The van der Waals surface area contributed by atoms with Crippen molar-refractivity contribution in [1.82, 2.24) is 9.97 Å². The van der Waals surface area contributed by atoms with Gasteiger partial charge in [0.1, 0.15) is 12.1 Å². The summed E-state index contributed by atoms with van der Waals surface area (Å²) in [5.41, 5.74) is -0.173. The molecular formula is C11H7F3N2O. The van der Waals surface area contributed by atoms with Gasteiger partial charge in [-0.3, -0.25) is 0 Å². The molecule has 1 aromatic carbocycles. The Morgan fingerprint density at radius 3 is 2.24 bits per heavy atom. The Kier molecular flexibility index (Phi) is 2.71. The quantitative estimate of drug-likeness (QED) is 0.833. The lowest BCUT2D eigenvalue weighted by molar-refractivity contribution is -0.137. The highest BCUT2D eigenvalue weighted by molar-refractivity contribution is 5.69. The fourth-order valence-electron chi connectivity index (χ4n) is 1.39. The summed E-state index contributed by atoms with van der Waals surface area (Å²) in [6.45, 7) is 0. The van der Waals surface area contributed by atoms with Crippen molar-refractivity contribution in [3.8, 4) is 16.9 Å². The van der Waals surface area contributed by atoms with Crippen molar-refractivity contribution in [2.24, 2.45) is 0 Å². The topological polar surface area (TPSA) is 46.0 Å². The Hall–Kier alpha value is -2.11. The first-order valence-corrected chi connectivity index (χ1v) is 4.64. The molecule has 17 heavy (non-hydrogen) atoms. The van der Waals surface area contributed by atoms with Crippen molar-refractivity contribution in [2.45, 2.75) is 6.18 Å². The van der Waals surface area contributed by atoms with Crippen LogP contribution < -0.4 is 0 Å². The third kappa shape index (κ3) is 2.35. The molecule has 0 unspecified atom stereocenters. The van der Waals surface area contributed by atoms with E-state index < -0.39 is 17.5 Å². The van der Waals surface area contributed by atoms with Gasteiger partial charge in [-0.25, -0.2) is 9.97 Å².